The highest BCUT2D eigenvalue weighted by atomic mass is 35.5. The van der Waals surface area contributed by atoms with Crippen LogP contribution in [0, 0.1) is 0 Å². The molecule has 0 aliphatic carbocycles. The summed E-state index contributed by atoms with van der Waals surface area (Å²) in [5, 5.41) is 3.17. The second-order valence-electron chi connectivity index (χ2n) is 8.08. The van der Waals surface area contributed by atoms with E-state index in [1.165, 1.54) is 30.2 Å². The summed E-state index contributed by atoms with van der Waals surface area (Å²) in [7, 11) is -2.38. The molecule has 1 atom stereocenters. The fraction of sp³-hybridized carbons (Fsp3) is 0.391. The van der Waals surface area contributed by atoms with Crippen molar-refractivity contribution in [1.82, 2.24) is 10.2 Å². The molecule has 186 valence electrons. The number of hydrogen-bond donors (Lipinski definition) is 1. The molecule has 2 aromatic rings. The quantitative estimate of drug-likeness (QED) is 0.506. The Morgan fingerprint density at radius 1 is 1.09 bits per heavy atom. The van der Waals surface area contributed by atoms with Gasteiger partial charge >= 0.3 is 0 Å². The molecule has 11 heteroatoms. The lowest BCUT2D eigenvalue weighted by atomic mass is 10.1. The molecule has 0 aromatic heterocycles. The van der Waals surface area contributed by atoms with Crippen molar-refractivity contribution in [2.45, 2.75) is 39.4 Å². The number of sulfonamides is 1. The number of nitrogens with one attached hydrogen (secondary N) is 1. The Kier molecular flexibility index (Phi) is 9.61. The molecule has 0 aliphatic rings. The molecule has 0 spiro atoms. The van der Waals surface area contributed by atoms with E-state index in [1.54, 1.807) is 31.2 Å². The number of carbonyl (C=O) groups is 2. The van der Waals surface area contributed by atoms with Gasteiger partial charge in [0.2, 0.25) is 21.8 Å². The summed E-state index contributed by atoms with van der Waals surface area (Å²) < 4.78 is 31.3. The van der Waals surface area contributed by atoms with Crippen molar-refractivity contribution in [1.29, 1.82) is 0 Å². The number of anilines is 1. The number of halogens is 2. The summed E-state index contributed by atoms with van der Waals surface area (Å²) in [6.07, 6.45) is 0.971. The van der Waals surface area contributed by atoms with Crippen LogP contribution < -0.4 is 14.4 Å². The third kappa shape index (κ3) is 7.51. The third-order valence-corrected chi connectivity index (χ3v) is 6.62. The van der Waals surface area contributed by atoms with Crippen molar-refractivity contribution in [3.05, 3.63) is 58.1 Å². The lowest BCUT2D eigenvalue weighted by molar-refractivity contribution is -0.139. The van der Waals surface area contributed by atoms with Crippen LogP contribution in [0.2, 0.25) is 10.0 Å². The highest BCUT2D eigenvalue weighted by Crippen LogP contribution is 2.31. The fourth-order valence-corrected chi connectivity index (χ4v) is 4.52. The number of carbonyl (C=O) groups excluding carboxylic acids is 2. The number of benzene rings is 2. The minimum Gasteiger partial charge on any atom is -0.497 e. The van der Waals surface area contributed by atoms with Crippen molar-refractivity contribution in [3.8, 4) is 5.75 Å². The standard InChI is InChI=1S/C23H29Cl2N3O5S/c1-15(2)26-23(30)16(3)27(13-17-7-6-8-19(11-17)33-4)22(29)14-28(34(5,31)32)21-12-18(24)9-10-20(21)25/h6-12,15-16H,13-14H2,1-5H3,(H,26,30). The Hall–Kier alpha value is -2.49. The molecule has 1 N–H and O–H groups in total. The minimum absolute atomic E-state index is 0.0591. The van der Waals surface area contributed by atoms with Crippen LogP contribution in [0.3, 0.4) is 0 Å². The van der Waals surface area contributed by atoms with E-state index in [1.807, 2.05) is 13.8 Å². The van der Waals surface area contributed by atoms with E-state index in [2.05, 4.69) is 5.32 Å². The van der Waals surface area contributed by atoms with Gasteiger partial charge in [-0.15, -0.1) is 0 Å². The highest BCUT2D eigenvalue weighted by molar-refractivity contribution is 7.92. The largest absolute Gasteiger partial charge is 0.497 e. The molecule has 0 heterocycles. The van der Waals surface area contributed by atoms with E-state index in [-0.39, 0.29) is 34.2 Å². The molecule has 2 aromatic carbocycles. The van der Waals surface area contributed by atoms with Crippen molar-refractivity contribution >= 4 is 50.7 Å². The molecule has 0 saturated heterocycles. The van der Waals surface area contributed by atoms with Gasteiger partial charge in [-0.05, 0) is 56.7 Å². The first-order valence-electron chi connectivity index (χ1n) is 10.5. The maximum Gasteiger partial charge on any atom is 0.244 e. The predicted molar refractivity (Wildman–Crippen MR) is 135 cm³/mol. The van der Waals surface area contributed by atoms with E-state index >= 15 is 0 Å². The lowest BCUT2D eigenvalue weighted by Crippen LogP contribution is -2.52. The van der Waals surface area contributed by atoms with Gasteiger partial charge in [-0.3, -0.25) is 13.9 Å². The molecular weight excluding hydrogens is 501 g/mol. The Morgan fingerprint density at radius 2 is 1.76 bits per heavy atom. The third-order valence-electron chi connectivity index (χ3n) is 4.94. The summed E-state index contributed by atoms with van der Waals surface area (Å²) in [5.41, 5.74) is 0.786. The van der Waals surface area contributed by atoms with Crippen LogP contribution in [0.15, 0.2) is 42.5 Å². The molecule has 0 aliphatic heterocycles. The zero-order valence-corrected chi connectivity index (χ0v) is 22.0. The molecule has 34 heavy (non-hydrogen) atoms. The topological polar surface area (TPSA) is 96.0 Å². The van der Waals surface area contributed by atoms with Gasteiger partial charge in [0.1, 0.15) is 18.3 Å². The van der Waals surface area contributed by atoms with E-state index in [0.717, 1.165) is 10.6 Å². The molecule has 1 unspecified atom stereocenters. The lowest BCUT2D eigenvalue weighted by Gasteiger charge is -2.32. The second kappa shape index (κ2) is 11.8. The maximum atomic E-state index is 13.5. The van der Waals surface area contributed by atoms with Crippen LogP contribution in [-0.4, -0.2) is 57.1 Å². The summed E-state index contributed by atoms with van der Waals surface area (Å²) >= 11 is 12.3. The molecule has 2 amide bonds. The number of ether oxygens (including phenoxy) is 1. The van der Waals surface area contributed by atoms with Crippen molar-refractivity contribution in [2.75, 3.05) is 24.2 Å². The molecule has 0 radical (unpaired) electrons. The monoisotopic (exact) mass is 529 g/mol. The first-order chi connectivity index (χ1) is 15.8. The van der Waals surface area contributed by atoms with Crippen LogP contribution in [0.5, 0.6) is 5.75 Å². The maximum absolute atomic E-state index is 13.5. The first kappa shape index (κ1) is 27.8. The zero-order chi connectivity index (χ0) is 25.6. The molecule has 8 nitrogen and oxygen atoms in total. The van der Waals surface area contributed by atoms with Gasteiger partial charge in [-0.25, -0.2) is 8.42 Å². The Bertz CT molecular complexity index is 1140. The number of hydrogen-bond acceptors (Lipinski definition) is 5. The average molecular weight is 530 g/mol. The van der Waals surface area contributed by atoms with E-state index in [9.17, 15) is 18.0 Å². The SMILES string of the molecule is COc1cccc(CN(C(=O)CN(c2cc(Cl)ccc2Cl)S(C)(=O)=O)C(C)C(=O)NC(C)C)c1. The second-order valence-corrected chi connectivity index (χ2v) is 10.8. The van der Waals surface area contributed by atoms with Crippen LogP contribution >= 0.6 is 23.2 Å². The minimum atomic E-state index is -3.91. The van der Waals surface area contributed by atoms with Gasteiger partial charge in [0.25, 0.3) is 0 Å². The average Bonchev–Trinajstić information content (AvgIpc) is 2.75. The van der Waals surface area contributed by atoms with Gasteiger partial charge in [0, 0.05) is 17.6 Å². The Labute approximate surface area is 210 Å². The molecule has 0 saturated carbocycles. The molecule has 2 rings (SSSR count). The number of rotatable bonds is 10. The molecular formula is C23H29Cl2N3O5S. The molecule has 0 bridgehead atoms. The Morgan fingerprint density at radius 3 is 2.35 bits per heavy atom. The summed E-state index contributed by atoms with van der Waals surface area (Å²) in [6.45, 7) is 4.70. The number of methoxy groups -OCH3 is 1. The van der Waals surface area contributed by atoms with Gasteiger partial charge in [0.15, 0.2) is 0 Å². The summed E-state index contributed by atoms with van der Waals surface area (Å²) in [5.74, 6) is -0.360. The smallest absolute Gasteiger partial charge is 0.244 e. The van der Waals surface area contributed by atoms with Crippen molar-refractivity contribution < 1.29 is 22.7 Å². The van der Waals surface area contributed by atoms with E-state index in [0.29, 0.717) is 11.3 Å². The summed E-state index contributed by atoms with van der Waals surface area (Å²) in [4.78, 5) is 27.6. The van der Waals surface area contributed by atoms with Gasteiger partial charge in [0.05, 0.1) is 24.1 Å². The Balaban J connectivity index is 2.45. The normalized spacial score (nSPS) is 12.2. The van der Waals surface area contributed by atoms with Crippen LogP contribution in [0.25, 0.3) is 0 Å². The number of nitrogens with zero attached hydrogens (tertiary/aromatic N) is 2. The predicted octanol–water partition coefficient (Wildman–Crippen LogP) is 3.71. The van der Waals surface area contributed by atoms with Crippen molar-refractivity contribution in [3.63, 3.8) is 0 Å². The zero-order valence-electron chi connectivity index (χ0n) is 19.7. The number of amides is 2. The highest BCUT2D eigenvalue weighted by Gasteiger charge is 2.31. The fourth-order valence-electron chi connectivity index (χ4n) is 3.23. The van der Waals surface area contributed by atoms with Crippen molar-refractivity contribution in [2.24, 2.45) is 0 Å². The van der Waals surface area contributed by atoms with E-state index < -0.39 is 28.5 Å². The molecule has 0 fully saturated rings. The van der Waals surface area contributed by atoms with Crippen LogP contribution in [-0.2, 0) is 26.2 Å². The first-order valence-corrected chi connectivity index (χ1v) is 13.1. The van der Waals surface area contributed by atoms with E-state index in [4.69, 9.17) is 27.9 Å². The van der Waals surface area contributed by atoms with Gasteiger partial charge < -0.3 is 15.0 Å². The van der Waals surface area contributed by atoms with Gasteiger partial charge in [-0.1, -0.05) is 35.3 Å². The van der Waals surface area contributed by atoms with Crippen LogP contribution in [0.4, 0.5) is 5.69 Å². The van der Waals surface area contributed by atoms with Crippen LogP contribution in [0.1, 0.15) is 26.3 Å². The summed E-state index contributed by atoms with van der Waals surface area (Å²) in [6, 6.07) is 10.4. The van der Waals surface area contributed by atoms with Gasteiger partial charge in [-0.2, -0.15) is 0 Å².